The highest BCUT2D eigenvalue weighted by Crippen LogP contribution is 2.22. The van der Waals surface area contributed by atoms with E-state index >= 15 is 0 Å². The van der Waals surface area contributed by atoms with Crippen LogP contribution in [-0.4, -0.2) is 40.4 Å². The van der Waals surface area contributed by atoms with E-state index in [-0.39, 0.29) is 24.3 Å². The minimum Gasteiger partial charge on any atom is -0.508 e. The van der Waals surface area contributed by atoms with E-state index in [2.05, 4.69) is 10.6 Å². The fraction of sp³-hybridized carbons (Fsp3) is 0.296. The number of aliphatic hydroxyl groups is 2. The molecule has 0 fully saturated rings. The van der Waals surface area contributed by atoms with E-state index in [0.29, 0.717) is 36.2 Å². The third kappa shape index (κ3) is 7.43. The number of amides is 1. The quantitative estimate of drug-likeness (QED) is 0.310. The number of hydrogen-bond donors (Lipinski definition) is 5. The van der Waals surface area contributed by atoms with E-state index in [4.69, 9.17) is 0 Å². The van der Waals surface area contributed by atoms with Crippen LogP contribution >= 0.6 is 0 Å². The Labute approximate surface area is 194 Å². The second-order valence-corrected chi connectivity index (χ2v) is 8.27. The molecule has 0 unspecified atom stereocenters. The van der Waals surface area contributed by atoms with Gasteiger partial charge in [0.15, 0.2) is 0 Å². The lowest BCUT2D eigenvalue weighted by atomic mass is 10.0. The van der Waals surface area contributed by atoms with Gasteiger partial charge in [-0.05, 0) is 60.7 Å². The van der Waals surface area contributed by atoms with E-state index < -0.39 is 6.10 Å². The van der Waals surface area contributed by atoms with E-state index in [1.807, 2.05) is 61.5 Å². The highest BCUT2D eigenvalue weighted by Gasteiger charge is 2.13. The zero-order valence-electron chi connectivity index (χ0n) is 18.9. The number of carbonyl (C=O) groups is 1. The van der Waals surface area contributed by atoms with Gasteiger partial charge in [-0.1, -0.05) is 48.5 Å². The van der Waals surface area contributed by atoms with Crippen LogP contribution in [0.1, 0.15) is 45.6 Å². The molecule has 3 aromatic carbocycles. The van der Waals surface area contributed by atoms with Gasteiger partial charge >= 0.3 is 0 Å². The lowest BCUT2D eigenvalue weighted by Gasteiger charge is -2.18. The molecule has 0 aromatic heterocycles. The predicted molar refractivity (Wildman–Crippen MR) is 129 cm³/mol. The first-order valence-electron chi connectivity index (χ1n) is 11.2. The molecule has 0 aliphatic rings. The number of phenols is 1. The van der Waals surface area contributed by atoms with Crippen molar-refractivity contribution < 1.29 is 20.1 Å². The van der Waals surface area contributed by atoms with Gasteiger partial charge in [0.2, 0.25) is 0 Å². The average molecular weight is 449 g/mol. The lowest BCUT2D eigenvalue weighted by molar-refractivity contribution is 0.0954. The normalized spacial score (nSPS) is 12.8. The Bertz CT molecular complexity index is 1040. The van der Waals surface area contributed by atoms with Gasteiger partial charge in [-0.15, -0.1) is 0 Å². The van der Waals surface area contributed by atoms with Crippen LogP contribution in [-0.2, 0) is 19.4 Å². The van der Waals surface area contributed by atoms with Gasteiger partial charge in [0.25, 0.3) is 5.91 Å². The Morgan fingerprint density at radius 3 is 2.48 bits per heavy atom. The maximum Gasteiger partial charge on any atom is 0.251 e. The summed E-state index contributed by atoms with van der Waals surface area (Å²) in [5.41, 5.74) is 3.87. The van der Waals surface area contributed by atoms with Crippen molar-refractivity contribution in [1.29, 1.82) is 0 Å². The largest absolute Gasteiger partial charge is 0.508 e. The summed E-state index contributed by atoms with van der Waals surface area (Å²) >= 11 is 0. The molecule has 33 heavy (non-hydrogen) atoms. The average Bonchev–Trinajstić information content (AvgIpc) is 2.83. The van der Waals surface area contributed by atoms with E-state index in [1.54, 1.807) is 12.1 Å². The highest BCUT2D eigenvalue weighted by atomic mass is 16.3. The van der Waals surface area contributed by atoms with E-state index in [0.717, 1.165) is 12.0 Å². The van der Waals surface area contributed by atoms with Crippen molar-refractivity contribution in [1.82, 2.24) is 10.6 Å². The Balaban J connectivity index is 1.48. The SMILES string of the molecule is C[C@H](Cc1cccc(C(=O)NCCc2ccccc2)c1)NC[C@@H](O)c1ccc(O)c(CO)c1. The second kappa shape index (κ2) is 12.2. The minimum atomic E-state index is -0.764. The molecule has 6 heteroatoms. The van der Waals surface area contributed by atoms with Crippen LogP contribution in [0.5, 0.6) is 5.75 Å². The van der Waals surface area contributed by atoms with Gasteiger partial charge < -0.3 is 26.0 Å². The molecule has 0 radical (unpaired) electrons. The molecule has 174 valence electrons. The van der Waals surface area contributed by atoms with Crippen LogP contribution in [0.4, 0.5) is 0 Å². The van der Waals surface area contributed by atoms with Crippen molar-refractivity contribution >= 4 is 5.91 Å². The fourth-order valence-corrected chi connectivity index (χ4v) is 3.70. The third-order valence-electron chi connectivity index (χ3n) is 5.59. The number of nitrogens with one attached hydrogen (secondary N) is 2. The Hall–Kier alpha value is -3.19. The molecule has 0 saturated carbocycles. The molecule has 3 aromatic rings. The van der Waals surface area contributed by atoms with Crippen LogP contribution in [0, 0.1) is 0 Å². The number of aliphatic hydroxyl groups excluding tert-OH is 2. The molecule has 0 heterocycles. The number of hydrogen-bond acceptors (Lipinski definition) is 5. The van der Waals surface area contributed by atoms with E-state index in [9.17, 15) is 20.1 Å². The summed E-state index contributed by atoms with van der Waals surface area (Å²) in [7, 11) is 0. The Morgan fingerprint density at radius 2 is 1.73 bits per heavy atom. The van der Waals surface area contributed by atoms with Gasteiger partial charge in [0, 0.05) is 30.3 Å². The van der Waals surface area contributed by atoms with Crippen molar-refractivity contribution in [3.05, 3.63) is 101 Å². The number of aromatic hydroxyl groups is 1. The number of carbonyl (C=O) groups excluding carboxylic acids is 1. The van der Waals surface area contributed by atoms with Gasteiger partial charge in [0.05, 0.1) is 12.7 Å². The van der Waals surface area contributed by atoms with Crippen molar-refractivity contribution in [2.24, 2.45) is 0 Å². The third-order valence-corrected chi connectivity index (χ3v) is 5.59. The van der Waals surface area contributed by atoms with Gasteiger partial charge in [-0.2, -0.15) is 0 Å². The summed E-state index contributed by atoms with van der Waals surface area (Å²) in [5.74, 6) is -0.0744. The minimum absolute atomic E-state index is 0.0127. The lowest BCUT2D eigenvalue weighted by Crippen LogP contribution is -2.32. The monoisotopic (exact) mass is 448 g/mol. The molecule has 0 bridgehead atoms. The zero-order valence-corrected chi connectivity index (χ0v) is 18.9. The molecule has 6 nitrogen and oxygen atoms in total. The van der Waals surface area contributed by atoms with Crippen LogP contribution in [0.15, 0.2) is 72.8 Å². The number of benzene rings is 3. The molecule has 0 saturated heterocycles. The van der Waals surface area contributed by atoms with Crippen molar-refractivity contribution in [3.8, 4) is 5.75 Å². The summed E-state index contributed by atoms with van der Waals surface area (Å²) in [6.45, 7) is 2.65. The van der Waals surface area contributed by atoms with Crippen molar-refractivity contribution in [2.75, 3.05) is 13.1 Å². The number of rotatable bonds is 11. The first-order chi connectivity index (χ1) is 16.0. The summed E-state index contributed by atoms with van der Waals surface area (Å²) in [6, 6.07) is 22.4. The maximum absolute atomic E-state index is 12.5. The Kier molecular flexibility index (Phi) is 9.01. The van der Waals surface area contributed by atoms with Crippen molar-refractivity contribution in [3.63, 3.8) is 0 Å². The molecule has 0 aliphatic heterocycles. The Morgan fingerprint density at radius 1 is 0.970 bits per heavy atom. The molecule has 1 amide bonds. The highest BCUT2D eigenvalue weighted by molar-refractivity contribution is 5.94. The fourth-order valence-electron chi connectivity index (χ4n) is 3.70. The molecule has 3 rings (SSSR count). The first kappa shape index (κ1) is 24.5. The summed E-state index contributed by atoms with van der Waals surface area (Å²) in [4.78, 5) is 12.5. The molecule has 0 spiro atoms. The second-order valence-electron chi connectivity index (χ2n) is 8.27. The summed E-state index contributed by atoms with van der Waals surface area (Å²) < 4.78 is 0. The smallest absolute Gasteiger partial charge is 0.251 e. The van der Waals surface area contributed by atoms with Gasteiger partial charge in [0.1, 0.15) is 5.75 Å². The molecule has 0 aliphatic carbocycles. The van der Waals surface area contributed by atoms with Crippen LogP contribution < -0.4 is 10.6 Å². The van der Waals surface area contributed by atoms with Crippen molar-refractivity contribution in [2.45, 2.75) is 38.5 Å². The van der Waals surface area contributed by atoms with Gasteiger partial charge in [-0.25, -0.2) is 0 Å². The maximum atomic E-state index is 12.5. The topological polar surface area (TPSA) is 102 Å². The molecular weight excluding hydrogens is 416 g/mol. The predicted octanol–water partition coefficient (Wildman–Crippen LogP) is 3.11. The van der Waals surface area contributed by atoms with E-state index in [1.165, 1.54) is 11.6 Å². The van der Waals surface area contributed by atoms with Crippen LogP contribution in [0.25, 0.3) is 0 Å². The van der Waals surface area contributed by atoms with Crippen LogP contribution in [0.2, 0.25) is 0 Å². The molecule has 5 N–H and O–H groups in total. The molecule has 2 atom stereocenters. The summed E-state index contributed by atoms with van der Waals surface area (Å²) in [5, 5.41) is 35.7. The standard InChI is InChI=1S/C27H32N2O4/c1-19(29-17-26(32)22-10-11-25(31)24(16-22)18-30)14-21-8-5-9-23(15-21)27(33)28-13-12-20-6-3-2-4-7-20/h2-11,15-16,19,26,29-32H,12-14,17-18H2,1H3,(H,28,33)/t19-,26-/m1/s1. The first-order valence-corrected chi connectivity index (χ1v) is 11.2. The van der Waals surface area contributed by atoms with Gasteiger partial charge in [-0.3, -0.25) is 4.79 Å². The molecular formula is C27H32N2O4. The van der Waals surface area contributed by atoms with Crippen LogP contribution in [0.3, 0.4) is 0 Å². The summed E-state index contributed by atoms with van der Waals surface area (Å²) in [6.07, 6.45) is 0.728. The zero-order chi connectivity index (χ0) is 23.6.